The topological polar surface area (TPSA) is 111 Å². The number of hydrogen-bond donors (Lipinski definition) is 1. The summed E-state index contributed by atoms with van der Waals surface area (Å²) in [4.78, 5) is 23.9. The predicted molar refractivity (Wildman–Crippen MR) is 109 cm³/mol. The van der Waals surface area contributed by atoms with E-state index in [1.165, 1.54) is 50.5 Å². The number of esters is 1. The van der Waals surface area contributed by atoms with E-state index < -0.39 is 28.5 Å². The molecule has 1 aliphatic rings. The van der Waals surface area contributed by atoms with Gasteiger partial charge < -0.3 is 19.5 Å². The lowest BCUT2D eigenvalue weighted by Crippen LogP contribution is -2.23. The van der Waals surface area contributed by atoms with Crippen LogP contribution in [-0.2, 0) is 24.3 Å². The van der Waals surface area contributed by atoms with Crippen LogP contribution in [-0.4, -0.2) is 52.1 Å². The molecule has 0 unspecified atom stereocenters. The molecule has 1 amide bonds. The number of carbonyl (C=O) groups is 2. The molecule has 0 atom stereocenters. The summed E-state index contributed by atoms with van der Waals surface area (Å²) in [5, 5.41) is 2.50. The molecule has 2 aromatic rings. The fourth-order valence-electron chi connectivity index (χ4n) is 2.51. The van der Waals surface area contributed by atoms with Crippen molar-refractivity contribution in [2.45, 2.75) is 4.90 Å². The summed E-state index contributed by atoms with van der Waals surface area (Å²) < 4.78 is 40.8. The minimum Gasteiger partial charge on any atom is -0.454 e. The normalized spacial score (nSPS) is 12.9. The lowest BCUT2D eigenvalue weighted by Gasteiger charge is -2.12. The Kier molecular flexibility index (Phi) is 6.38. The first-order chi connectivity index (χ1) is 14.3. The zero-order chi connectivity index (χ0) is 21.7. The van der Waals surface area contributed by atoms with Gasteiger partial charge in [0.15, 0.2) is 18.1 Å². The molecule has 10 heteroatoms. The molecule has 0 aliphatic carbocycles. The molecular weight excluding hydrogens is 412 g/mol. The highest BCUT2D eigenvalue weighted by atomic mass is 32.2. The number of hydrogen-bond acceptors (Lipinski definition) is 7. The summed E-state index contributed by atoms with van der Waals surface area (Å²) in [6.45, 7) is -0.362. The molecule has 9 nitrogen and oxygen atoms in total. The van der Waals surface area contributed by atoms with Crippen LogP contribution in [0.25, 0.3) is 6.08 Å². The zero-order valence-electron chi connectivity index (χ0n) is 16.3. The molecule has 1 aliphatic heterocycles. The van der Waals surface area contributed by atoms with Crippen LogP contribution in [0.15, 0.2) is 53.4 Å². The highest BCUT2D eigenvalue weighted by Crippen LogP contribution is 2.32. The summed E-state index contributed by atoms with van der Waals surface area (Å²) in [5.41, 5.74) is 0.981. The van der Waals surface area contributed by atoms with Gasteiger partial charge in [0.2, 0.25) is 16.8 Å². The first-order valence-corrected chi connectivity index (χ1v) is 10.3. The third kappa shape index (κ3) is 5.16. The average molecular weight is 432 g/mol. The van der Waals surface area contributed by atoms with Crippen LogP contribution in [0.2, 0.25) is 0 Å². The van der Waals surface area contributed by atoms with Gasteiger partial charge >= 0.3 is 5.97 Å². The largest absolute Gasteiger partial charge is 0.454 e. The minimum absolute atomic E-state index is 0.0361. The second-order valence-corrected chi connectivity index (χ2v) is 8.57. The Morgan fingerprint density at radius 2 is 1.90 bits per heavy atom. The molecule has 158 valence electrons. The van der Waals surface area contributed by atoms with E-state index in [0.717, 1.165) is 4.31 Å². The van der Waals surface area contributed by atoms with Crippen LogP contribution in [0, 0.1) is 0 Å². The summed E-state index contributed by atoms with van der Waals surface area (Å²) in [6, 6.07) is 11.0. The predicted octanol–water partition coefficient (Wildman–Crippen LogP) is 1.86. The maximum atomic E-state index is 12.2. The Labute approximate surface area is 173 Å². The number of carbonyl (C=O) groups excluding carboxylic acids is 2. The van der Waals surface area contributed by atoms with E-state index >= 15 is 0 Å². The van der Waals surface area contributed by atoms with Crippen LogP contribution in [0.4, 0.5) is 5.69 Å². The molecule has 0 spiro atoms. The number of amides is 1. The summed E-state index contributed by atoms with van der Waals surface area (Å²) in [6.07, 6.45) is 2.72. The average Bonchev–Trinajstić information content (AvgIpc) is 3.18. The number of sulfonamides is 1. The molecule has 0 bridgehead atoms. The van der Waals surface area contributed by atoms with Gasteiger partial charge in [-0.25, -0.2) is 17.5 Å². The van der Waals surface area contributed by atoms with E-state index in [4.69, 9.17) is 14.2 Å². The minimum atomic E-state index is -3.63. The molecule has 0 radical (unpaired) electrons. The smallest absolute Gasteiger partial charge is 0.331 e. The number of anilines is 1. The third-order valence-electron chi connectivity index (χ3n) is 4.05. The lowest BCUT2D eigenvalue weighted by molar-refractivity contribution is -0.142. The monoisotopic (exact) mass is 432 g/mol. The molecule has 1 heterocycles. The second kappa shape index (κ2) is 8.97. The maximum Gasteiger partial charge on any atom is 0.331 e. The fourth-order valence-corrected chi connectivity index (χ4v) is 3.46. The quantitative estimate of drug-likeness (QED) is 0.525. The molecule has 0 saturated heterocycles. The van der Waals surface area contributed by atoms with Crippen LogP contribution in [0.3, 0.4) is 0 Å². The Hall–Kier alpha value is -3.37. The van der Waals surface area contributed by atoms with Crippen molar-refractivity contribution in [3.05, 3.63) is 54.1 Å². The van der Waals surface area contributed by atoms with E-state index in [-0.39, 0.29) is 17.4 Å². The molecule has 3 rings (SSSR count). The van der Waals surface area contributed by atoms with Crippen LogP contribution in [0.1, 0.15) is 5.56 Å². The number of ether oxygens (including phenoxy) is 3. The van der Waals surface area contributed by atoms with E-state index in [0.29, 0.717) is 17.1 Å². The van der Waals surface area contributed by atoms with E-state index in [2.05, 4.69) is 5.32 Å². The summed E-state index contributed by atoms with van der Waals surface area (Å²) >= 11 is 0. The van der Waals surface area contributed by atoms with Crippen LogP contribution in [0.5, 0.6) is 11.5 Å². The molecular formula is C20H20N2O7S. The fraction of sp³-hybridized carbons (Fsp3) is 0.200. The van der Waals surface area contributed by atoms with Gasteiger partial charge in [0, 0.05) is 25.9 Å². The first-order valence-electron chi connectivity index (χ1n) is 8.82. The molecule has 0 saturated carbocycles. The van der Waals surface area contributed by atoms with E-state index in [1.807, 2.05) is 0 Å². The van der Waals surface area contributed by atoms with Crippen molar-refractivity contribution in [3.63, 3.8) is 0 Å². The van der Waals surface area contributed by atoms with Crippen molar-refractivity contribution in [1.82, 2.24) is 4.31 Å². The van der Waals surface area contributed by atoms with Crippen molar-refractivity contribution in [1.29, 1.82) is 0 Å². The molecule has 2 aromatic carbocycles. The van der Waals surface area contributed by atoms with Crippen LogP contribution < -0.4 is 14.8 Å². The van der Waals surface area contributed by atoms with E-state index in [9.17, 15) is 18.0 Å². The lowest BCUT2D eigenvalue weighted by atomic mass is 10.2. The molecule has 0 aromatic heterocycles. The SMILES string of the molecule is CN(C)S(=O)(=O)c1cccc(NC(=O)COC(=O)C=Cc2ccc3c(c2)OCO3)c1. The number of benzene rings is 2. The van der Waals surface area contributed by atoms with Gasteiger partial charge in [-0.1, -0.05) is 12.1 Å². The second-order valence-electron chi connectivity index (χ2n) is 6.42. The van der Waals surface area contributed by atoms with Gasteiger partial charge in [0.1, 0.15) is 0 Å². The van der Waals surface area contributed by atoms with Gasteiger partial charge in [-0.2, -0.15) is 0 Å². The standard InChI is InChI=1S/C20H20N2O7S/c1-22(2)30(25,26)16-5-3-4-15(11-16)21-19(23)12-27-20(24)9-7-14-6-8-17-18(10-14)29-13-28-17/h3-11H,12-13H2,1-2H3,(H,21,23). The third-order valence-corrected chi connectivity index (χ3v) is 5.86. The van der Waals surface area contributed by atoms with Gasteiger partial charge in [-0.3, -0.25) is 4.79 Å². The van der Waals surface area contributed by atoms with Crippen molar-refractivity contribution < 1.29 is 32.2 Å². The number of nitrogens with one attached hydrogen (secondary N) is 1. The summed E-state index contributed by atoms with van der Waals surface area (Å²) in [5.74, 6) is -0.0803. The van der Waals surface area contributed by atoms with Gasteiger partial charge in [0.25, 0.3) is 5.91 Å². The highest BCUT2D eigenvalue weighted by molar-refractivity contribution is 7.89. The molecule has 0 fully saturated rings. The van der Waals surface area contributed by atoms with Crippen molar-refractivity contribution in [2.24, 2.45) is 0 Å². The Morgan fingerprint density at radius 1 is 1.13 bits per heavy atom. The van der Waals surface area contributed by atoms with E-state index in [1.54, 1.807) is 18.2 Å². The van der Waals surface area contributed by atoms with Crippen molar-refractivity contribution in [3.8, 4) is 11.5 Å². The van der Waals surface area contributed by atoms with Gasteiger partial charge in [-0.15, -0.1) is 0 Å². The van der Waals surface area contributed by atoms with Gasteiger partial charge in [-0.05, 0) is 42.0 Å². The molecule has 1 N–H and O–H groups in total. The maximum absolute atomic E-state index is 12.2. The number of fused-ring (bicyclic) bond motifs is 1. The first kappa shape index (κ1) is 21.3. The highest BCUT2D eigenvalue weighted by Gasteiger charge is 2.18. The number of rotatable bonds is 7. The van der Waals surface area contributed by atoms with Crippen molar-refractivity contribution in [2.75, 3.05) is 32.8 Å². The summed E-state index contributed by atoms with van der Waals surface area (Å²) in [7, 11) is -0.800. The Bertz CT molecular complexity index is 1090. The van der Waals surface area contributed by atoms with Crippen molar-refractivity contribution >= 4 is 33.7 Å². The molecule has 30 heavy (non-hydrogen) atoms. The van der Waals surface area contributed by atoms with Gasteiger partial charge in [0.05, 0.1) is 4.90 Å². The Morgan fingerprint density at radius 3 is 2.67 bits per heavy atom. The Balaban J connectivity index is 1.53. The van der Waals surface area contributed by atoms with Crippen LogP contribution >= 0.6 is 0 Å². The number of nitrogens with zero attached hydrogens (tertiary/aromatic N) is 1. The zero-order valence-corrected chi connectivity index (χ0v) is 17.1.